The lowest BCUT2D eigenvalue weighted by Crippen LogP contribution is -2.16. The average molecular weight is 282 g/mol. The summed E-state index contributed by atoms with van der Waals surface area (Å²) in [5.74, 6) is 0.488. The van der Waals surface area contributed by atoms with E-state index in [-0.39, 0.29) is 5.91 Å². The number of nitrogens with one attached hydrogen (secondary N) is 2. The molecule has 0 aliphatic rings. The van der Waals surface area contributed by atoms with E-state index < -0.39 is 0 Å². The minimum atomic E-state index is 0.0238. The fourth-order valence-corrected chi connectivity index (χ4v) is 2.22. The van der Waals surface area contributed by atoms with Crippen molar-refractivity contribution < 1.29 is 4.79 Å². The van der Waals surface area contributed by atoms with Gasteiger partial charge in [0.15, 0.2) is 0 Å². The summed E-state index contributed by atoms with van der Waals surface area (Å²) in [5.41, 5.74) is 3.23. The van der Waals surface area contributed by atoms with Crippen LogP contribution < -0.4 is 10.6 Å². The Bertz CT molecular complexity index is 579. The van der Waals surface area contributed by atoms with Gasteiger partial charge >= 0.3 is 0 Å². The maximum atomic E-state index is 11.9. The normalized spacial score (nSPS) is 10.4. The second-order valence-corrected chi connectivity index (χ2v) is 5.33. The molecule has 0 radical (unpaired) electrons. The molecule has 0 unspecified atom stereocenters. The summed E-state index contributed by atoms with van der Waals surface area (Å²) in [6.07, 6.45) is 0.446. The topological polar surface area (TPSA) is 41.1 Å². The van der Waals surface area contributed by atoms with Crippen molar-refractivity contribution in [2.24, 2.45) is 0 Å². The van der Waals surface area contributed by atoms with E-state index in [4.69, 9.17) is 0 Å². The molecule has 110 valence electrons. The summed E-state index contributed by atoms with van der Waals surface area (Å²) in [5, 5.41) is 6.24. The Morgan fingerprint density at radius 2 is 1.67 bits per heavy atom. The molecule has 0 aliphatic heterocycles. The predicted octanol–water partition coefficient (Wildman–Crippen LogP) is 4.25. The predicted molar refractivity (Wildman–Crippen MR) is 88.7 cm³/mol. The Morgan fingerprint density at radius 1 is 1.00 bits per heavy atom. The van der Waals surface area contributed by atoms with E-state index in [9.17, 15) is 4.79 Å². The molecule has 2 rings (SSSR count). The van der Waals surface area contributed by atoms with Crippen LogP contribution in [0.4, 0.5) is 11.4 Å². The Labute approximate surface area is 126 Å². The van der Waals surface area contributed by atoms with E-state index in [0.29, 0.717) is 18.9 Å². The van der Waals surface area contributed by atoms with Crippen LogP contribution in [0.3, 0.4) is 0 Å². The smallest absolute Gasteiger partial charge is 0.226 e. The van der Waals surface area contributed by atoms with Crippen molar-refractivity contribution in [1.29, 1.82) is 0 Å². The average Bonchev–Trinajstić information content (AvgIpc) is 2.48. The third-order valence-corrected chi connectivity index (χ3v) is 3.31. The van der Waals surface area contributed by atoms with Crippen molar-refractivity contribution in [3.05, 3.63) is 60.2 Å². The zero-order valence-electron chi connectivity index (χ0n) is 12.6. The van der Waals surface area contributed by atoms with Crippen molar-refractivity contribution in [3.8, 4) is 0 Å². The molecular formula is C18H22N2O. The number of benzene rings is 2. The van der Waals surface area contributed by atoms with Gasteiger partial charge in [0, 0.05) is 24.3 Å². The lowest BCUT2D eigenvalue weighted by Gasteiger charge is -2.14. The van der Waals surface area contributed by atoms with E-state index in [1.807, 2.05) is 42.5 Å². The lowest BCUT2D eigenvalue weighted by molar-refractivity contribution is -0.115. The molecule has 0 heterocycles. The van der Waals surface area contributed by atoms with Gasteiger partial charge in [-0.25, -0.2) is 0 Å². The van der Waals surface area contributed by atoms with Crippen LogP contribution in [-0.4, -0.2) is 12.5 Å². The number of anilines is 2. The van der Waals surface area contributed by atoms with Gasteiger partial charge in [-0.2, -0.15) is 0 Å². The molecule has 0 aromatic heterocycles. The molecule has 3 heteroatoms. The Hall–Kier alpha value is -2.29. The molecule has 0 aliphatic carbocycles. The van der Waals surface area contributed by atoms with Gasteiger partial charge in [0.05, 0.1) is 0 Å². The molecule has 0 atom stereocenters. The quantitative estimate of drug-likeness (QED) is 0.831. The first-order valence-electron chi connectivity index (χ1n) is 7.34. The highest BCUT2D eigenvalue weighted by Gasteiger charge is 2.06. The SMILES string of the molecule is CC(C)c1ccccc1NCCC(=O)Nc1ccccc1. The van der Waals surface area contributed by atoms with Gasteiger partial charge in [-0.1, -0.05) is 50.2 Å². The van der Waals surface area contributed by atoms with Crippen LogP contribution in [-0.2, 0) is 4.79 Å². The second kappa shape index (κ2) is 7.48. The minimum Gasteiger partial charge on any atom is -0.384 e. The molecule has 0 bridgehead atoms. The van der Waals surface area contributed by atoms with Crippen molar-refractivity contribution >= 4 is 17.3 Å². The summed E-state index contributed by atoms with van der Waals surface area (Å²) in [6, 6.07) is 17.8. The first-order chi connectivity index (χ1) is 10.2. The van der Waals surface area contributed by atoms with Crippen LogP contribution in [0.5, 0.6) is 0 Å². The van der Waals surface area contributed by atoms with Crippen molar-refractivity contribution in [2.75, 3.05) is 17.2 Å². The van der Waals surface area contributed by atoms with Crippen molar-refractivity contribution in [3.63, 3.8) is 0 Å². The maximum Gasteiger partial charge on any atom is 0.226 e. The molecule has 21 heavy (non-hydrogen) atoms. The van der Waals surface area contributed by atoms with E-state index in [1.54, 1.807) is 0 Å². The van der Waals surface area contributed by atoms with E-state index >= 15 is 0 Å². The first kappa shape index (κ1) is 15.1. The van der Waals surface area contributed by atoms with Crippen molar-refractivity contribution in [1.82, 2.24) is 0 Å². The molecule has 0 spiro atoms. The highest BCUT2D eigenvalue weighted by molar-refractivity contribution is 5.90. The number of carbonyl (C=O) groups is 1. The molecule has 2 aromatic carbocycles. The lowest BCUT2D eigenvalue weighted by atomic mass is 10.0. The Balaban J connectivity index is 1.83. The minimum absolute atomic E-state index is 0.0238. The number of rotatable bonds is 6. The number of amides is 1. The van der Waals surface area contributed by atoms with Crippen LogP contribution in [0.15, 0.2) is 54.6 Å². The summed E-state index contributed by atoms with van der Waals surface area (Å²) in [4.78, 5) is 11.9. The molecule has 2 N–H and O–H groups in total. The summed E-state index contributed by atoms with van der Waals surface area (Å²) >= 11 is 0. The monoisotopic (exact) mass is 282 g/mol. The summed E-state index contributed by atoms with van der Waals surface area (Å²) < 4.78 is 0. The highest BCUT2D eigenvalue weighted by atomic mass is 16.1. The van der Waals surface area contributed by atoms with Crippen LogP contribution >= 0.6 is 0 Å². The second-order valence-electron chi connectivity index (χ2n) is 5.33. The summed E-state index contributed by atoms with van der Waals surface area (Å²) in [7, 11) is 0. The molecule has 0 saturated carbocycles. The zero-order valence-corrected chi connectivity index (χ0v) is 12.6. The molecule has 2 aromatic rings. The highest BCUT2D eigenvalue weighted by Crippen LogP contribution is 2.23. The molecule has 1 amide bonds. The third-order valence-electron chi connectivity index (χ3n) is 3.31. The number of hydrogen-bond acceptors (Lipinski definition) is 2. The van der Waals surface area contributed by atoms with Crippen LogP contribution in [0.1, 0.15) is 31.7 Å². The first-order valence-corrected chi connectivity index (χ1v) is 7.34. The van der Waals surface area contributed by atoms with Crippen molar-refractivity contribution in [2.45, 2.75) is 26.2 Å². The van der Waals surface area contributed by atoms with E-state index in [1.165, 1.54) is 5.56 Å². The van der Waals surface area contributed by atoms with Gasteiger partial charge in [0.2, 0.25) is 5.91 Å². The fraction of sp³-hybridized carbons (Fsp3) is 0.278. The molecular weight excluding hydrogens is 260 g/mol. The maximum absolute atomic E-state index is 11.9. The Morgan fingerprint density at radius 3 is 2.38 bits per heavy atom. The number of carbonyl (C=O) groups excluding carboxylic acids is 1. The van der Waals surface area contributed by atoms with Crippen LogP contribution in [0.2, 0.25) is 0 Å². The van der Waals surface area contributed by atoms with Gasteiger partial charge in [-0.15, -0.1) is 0 Å². The zero-order chi connectivity index (χ0) is 15.1. The van der Waals surface area contributed by atoms with Gasteiger partial charge in [-0.3, -0.25) is 4.79 Å². The molecule has 0 fully saturated rings. The van der Waals surface area contributed by atoms with Crippen LogP contribution in [0, 0.1) is 0 Å². The summed E-state index contributed by atoms with van der Waals surface area (Å²) in [6.45, 7) is 4.97. The number of para-hydroxylation sites is 2. The van der Waals surface area contributed by atoms with Gasteiger partial charge in [0.25, 0.3) is 0 Å². The largest absolute Gasteiger partial charge is 0.384 e. The Kier molecular flexibility index (Phi) is 5.38. The number of hydrogen-bond donors (Lipinski definition) is 2. The van der Waals surface area contributed by atoms with E-state index in [2.05, 4.69) is 36.6 Å². The third kappa shape index (κ3) is 4.63. The van der Waals surface area contributed by atoms with Gasteiger partial charge in [-0.05, 0) is 29.7 Å². The fourth-order valence-electron chi connectivity index (χ4n) is 2.22. The van der Waals surface area contributed by atoms with Gasteiger partial charge < -0.3 is 10.6 Å². The van der Waals surface area contributed by atoms with Gasteiger partial charge in [0.1, 0.15) is 0 Å². The van der Waals surface area contributed by atoms with E-state index in [0.717, 1.165) is 11.4 Å². The van der Waals surface area contributed by atoms with Crippen LogP contribution in [0.25, 0.3) is 0 Å². The standard InChI is InChI=1S/C18H22N2O/c1-14(2)16-10-6-7-11-17(16)19-13-12-18(21)20-15-8-4-3-5-9-15/h3-11,14,19H,12-13H2,1-2H3,(H,20,21). The molecule has 0 saturated heterocycles. The molecule has 3 nitrogen and oxygen atoms in total.